The Morgan fingerprint density at radius 2 is 2.04 bits per heavy atom. The third-order valence-corrected chi connectivity index (χ3v) is 4.75. The Labute approximate surface area is 166 Å². The maximum Gasteiger partial charge on any atom is 0.283 e. The average molecular weight is 429 g/mol. The third-order valence-electron chi connectivity index (χ3n) is 4.26. The molecule has 1 amide bonds. The minimum absolute atomic E-state index is 0.0216. The van der Waals surface area contributed by atoms with Crippen molar-refractivity contribution in [1.29, 1.82) is 0 Å². The first-order chi connectivity index (χ1) is 13.0. The molecular formula is C20H21BrN4O2. The molecule has 0 aliphatic rings. The number of carbonyl (C=O) groups is 1. The molecule has 0 aliphatic heterocycles. The van der Waals surface area contributed by atoms with Gasteiger partial charge in [0.25, 0.3) is 5.91 Å². The summed E-state index contributed by atoms with van der Waals surface area (Å²) in [6.45, 7) is 4.69. The fraction of sp³-hybridized carbons (Fsp3) is 0.250. The second-order valence-electron chi connectivity index (χ2n) is 6.25. The van der Waals surface area contributed by atoms with E-state index in [2.05, 4.69) is 31.5 Å². The Hall–Kier alpha value is -2.67. The Bertz CT molecular complexity index is 1010. The molecule has 2 N–H and O–H groups in total. The Balaban J connectivity index is 1.83. The quantitative estimate of drug-likeness (QED) is 0.505. The minimum atomic E-state index is -0.413. The fourth-order valence-electron chi connectivity index (χ4n) is 2.93. The second kappa shape index (κ2) is 8.35. The van der Waals surface area contributed by atoms with Gasteiger partial charge in [-0.3, -0.25) is 4.79 Å². The molecule has 1 aromatic heterocycles. The van der Waals surface area contributed by atoms with E-state index in [0.717, 1.165) is 33.0 Å². The number of carbonyl (C=O) groups excluding carboxylic acids is 1. The van der Waals surface area contributed by atoms with Gasteiger partial charge in [0, 0.05) is 22.1 Å². The molecule has 3 aromatic rings. The van der Waals surface area contributed by atoms with Crippen LogP contribution in [-0.4, -0.2) is 22.1 Å². The van der Waals surface area contributed by atoms with Crippen molar-refractivity contribution in [3.63, 3.8) is 0 Å². The van der Waals surface area contributed by atoms with Crippen LogP contribution in [0.25, 0.3) is 10.9 Å². The van der Waals surface area contributed by atoms with Gasteiger partial charge in [-0.25, -0.2) is 0 Å². The number of aromatic hydroxyl groups is 1. The van der Waals surface area contributed by atoms with Crippen LogP contribution in [0, 0.1) is 6.92 Å². The van der Waals surface area contributed by atoms with Gasteiger partial charge in [0.05, 0.1) is 12.1 Å². The molecule has 2 aromatic carbocycles. The summed E-state index contributed by atoms with van der Waals surface area (Å²) in [6, 6.07) is 13.4. The van der Waals surface area contributed by atoms with Gasteiger partial charge in [0.2, 0.25) is 5.88 Å². The molecule has 0 fully saturated rings. The van der Waals surface area contributed by atoms with Gasteiger partial charge >= 0.3 is 0 Å². The highest BCUT2D eigenvalue weighted by atomic mass is 79.9. The number of azo groups is 1. The summed E-state index contributed by atoms with van der Waals surface area (Å²) in [4.78, 5) is 12.1. The van der Waals surface area contributed by atoms with Gasteiger partial charge < -0.3 is 15.0 Å². The monoisotopic (exact) mass is 428 g/mol. The zero-order valence-corrected chi connectivity index (χ0v) is 16.8. The highest BCUT2D eigenvalue weighted by Crippen LogP contribution is 2.40. The molecule has 0 spiro atoms. The van der Waals surface area contributed by atoms with E-state index in [4.69, 9.17) is 0 Å². The van der Waals surface area contributed by atoms with Crippen LogP contribution in [0.2, 0.25) is 0 Å². The van der Waals surface area contributed by atoms with Gasteiger partial charge in [-0.05, 0) is 43.2 Å². The summed E-state index contributed by atoms with van der Waals surface area (Å²) in [5.41, 5.74) is 3.10. The van der Waals surface area contributed by atoms with Crippen LogP contribution in [0.15, 0.2) is 57.2 Å². The Morgan fingerprint density at radius 1 is 1.26 bits per heavy atom. The van der Waals surface area contributed by atoms with Gasteiger partial charge in [-0.1, -0.05) is 41.1 Å². The summed E-state index contributed by atoms with van der Waals surface area (Å²) in [6.07, 6.45) is 0.864. The van der Waals surface area contributed by atoms with Crippen LogP contribution >= 0.6 is 15.9 Å². The number of para-hydroxylation sites is 1. The number of aryl methyl sites for hydroxylation is 2. The molecule has 0 saturated heterocycles. The number of hydrogen-bond donors (Lipinski definition) is 2. The molecule has 0 aliphatic carbocycles. The molecule has 0 atom stereocenters. The first-order valence-electron chi connectivity index (χ1n) is 8.76. The van der Waals surface area contributed by atoms with E-state index < -0.39 is 5.91 Å². The topological polar surface area (TPSA) is 79.0 Å². The van der Waals surface area contributed by atoms with Crippen molar-refractivity contribution in [1.82, 2.24) is 4.57 Å². The van der Waals surface area contributed by atoms with Crippen LogP contribution in [-0.2, 0) is 11.3 Å². The van der Waals surface area contributed by atoms with Crippen LogP contribution in [0.4, 0.5) is 11.4 Å². The van der Waals surface area contributed by atoms with Gasteiger partial charge in [0.1, 0.15) is 0 Å². The highest BCUT2D eigenvalue weighted by Gasteiger charge is 2.17. The Kier molecular flexibility index (Phi) is 5.91. The fourth-order valence-corrected chi connectivity index (χ4v) is 3.29. The number of nitrogens with one attached hydrogen (secondary N) is 1. The minimum Gasteiger partial charge on any atom is -0.493 e. The zero-order valence-electron chi connectivity index (χ0n) is 15.2. The lowest BCUT2D eigenvalue weighted by Crippen LogP contribution is -2.11. The number of benzene rings is 2. The molecule has 6 nitrogen and oxygen atoms in total. The molecule has 0 radical (unpaired) electrons. The SMILES string of the molecule is CCCn1c(O)c(N=NC(=O)CNc2ccccc2C)c2cc(Br)ccc21. The first-order valence-corrected chi connectivity index (χ1v) is 9.55. The van der Waals surface area contributed by atoms with Crippen LogP contribution < -0.4 is 5.32 Å². The predicted octanol–water partition coefficient (Wildman–Crippen LogP) is 5.55. The van der Waals surface area contributed by atoms with Gasteiger partial charge in [0.15, 0.2) is 5.69 Å². The highest BCUT2D eigenvalue weighted by molar-refractivity contribution is 9.10. The molecule has 0 bridgehead atoms. The summed E-state index contributed by atoms with van der Waals surface area (Å²) >= 11 is 3.44. The van der Waals surface area contributed by atoms with Crippen molar-refractivity contribution in [2.24, 2.45) is 10.2 Å². The number of fused-ring (bicyclic) bond motifs is 1. The number of anilines is 1. The van der Waals surface area contributed by atoms with E-state index >= 15 is 0 Å². The summed E-state index contributed by atoms with van der Waals surface area (Å²) in [7, 11) is 0. The maximum absolute atomic E-state index is 12.1. The molecular weight excluding hydrogens is 408 g/mol. The predicted molar refractivity (Wildman–Crippen MR) is 111 cm³/mol. The summed E-state index contributed by atoms with van der Waals surface area (Å²) < 4.78 is 2.65. The largest absolute Gasteiger partial charge is 0.493 e. The third kappa shape index (κ3) is 4.19. The van der Waals surface area contributed by atoms with Crippen molar-refractivity contribution >= 4 is 44.1 Å². The van der Waals surface area contributed by atoms with Crippen LogP contribution in [0.1, 0.15) is 18.9 Å². The van der Waals surface area contributed by atoms with E-state index in [-0.39, 0.29) is 12.4 Å². The standard InChI is InChI=1S/C20H21BrN4O2/c1-3-10-25-17-9-8-14(21)11-15(17)19(20(25)27)24-23-18(26)12-22-16-7-5-4-6-13(16)2/h4-9,11,22,27H,3,10,12H2,1-2H3. The maximum atomic E-state index is 12.1. The van der Waals surface area contributed by atoms with Crippen molar-refractivity contribution in [3.05, 3.63) is 52.5 Å². The average Bonchev–Trinajstić information content (AvgIpc) is 2.90. The van der Waals surface area contributed by atoms with E-state index in [1.54, 1.807) is 4.57 Å². The van der Waals surface area contributed by atoms with E-state index in [1.165, 1.54) is 0 Å². The number of nitrogens with zero attached hydrogens (tertiary/aromatic N) is 3. The van der Waals surface area contributed by atoms with Crippen molar-refractivity contribution in [2.45, 2.75) is 26.8 Å². The van der Waals surface area contributed by atoms with Crippen molar-refractivity contribution < 1.29 is 9.90 Å². The molecule has 1 heterocycles. The molecule has 140 valence electrons. The molecule has 7 heteroatoms. The smallest absolute Gasteiger partial charge is 0.283 e. The van der Waals surface area contributed by atoms with Crippen molar-refractivity contribution in [3.8, 4) is 5.88 Å². The molecule has 0 unspecified atom stereocenters. The number of rotatable bonds is 6. The molecule has 3 rings (SSSR count). The Morgan fingerprint density at radius 3 is 2.78 bits per heavy atom. The lowest BCUT2D eigenvalue weighted by molar-refractivity contribution is -0.116. The lowest BCUT2D eigenvalue weighted by atomic mass is 10.2. The molecule has 0 saturated carbocycles. The van der Waals surface area contributed by atoms with Crippen LogP contribution in [0.5, 0.6) is 5.88 Å². The van der Waals surface area contributed by atoms with Gasteiger partial charge in [-0.15, -0.1) is 10.2 Å². The zero-order chi connectivity index (χ0) is 19.4. The number of amides is 1. The first kappa shape index (κ1) is 19.1. The number of halogens is 1. The number of aromatic nitrogens is 1. The normalized spacial score (nSPS) is 11.4. The number of hydrogen-bond acceptors (Lipinski definition) is 4. The van der Waals surface area contributed by atoms with Gasteiger partial charge in [-0.2, -0.15) is 0 Å². The summed E-state index contributed by atoms with van der Waals surface area (Å²) in [5.74, 6) is -0.391. The summed E-state index contributed by atoms with van der Waals surface area (Å²) in [5, 5.41) is 22.2. The molecule has 27 heavy (non-hydrogen) atoms. The second-order valence-corrected chi connectivity index (χ2v) is 7.16. The lowest BCUT2D eigenvalue weighted by Gasteiger charge is -2.06. The van der Waals surface area contributed by atoms with Crippen molar-refractivity contribution in [2.75, 3.05) is 11.9 Å². The van der Waals surface area contributed by atoms with E-state index in [0.29, 0.717) is 12.2 Å². The van der Waals surface area contributed by atoms with E-state index in [1.807, 2.05) is 56.3 Å². The van der Waals surface area contributed by atoms with Crippen LogP contribution in [0.3, 0.4) is 0 Å². The van der Waals surface area contributed by atoms with E-state index in [9.17, 15) is 9.90 Å².